The smallest absolute Gasteiger partial charge is 0.182 e. The molecule has 5 rings (SSSR count). The van der Waals surface area contributed by atoms with Crippen LogP contribution in [0.3, 0.4) is 0 Å². The third kappa shape index (κ3) is 2.99. The average molecular weight is 423 g/mol. The molecule has 0 saturated heterocycles. The van der Waals surface area contributed by atoms with Crippen molar-refractivity contribution in [1.29, 1.82) is 0 Å². The Balaban J connectivity index is 1.44. The molecule has 3 heteroatoms. The molecule has 0 aromatic heterocycles. The van der Waals surface area contributed by atoms with Gasteiger partial charge in [-0.05, 0) is 81.3 Å². The highest BCUT2D eigenvalue weighted by atomic mass is 32.2. The van der Waals surface area contributed by atoms with Crippen molar-refractivity contribution in [3.63, 3.8) is 0 Å². The van der Waals surface area contributed by atoms with Crippen LogP contribution in [0.5, 0.6) is 0 Å². The molecule has 0 bridgehead atoms. The van der Waals surface area contributed by atoms with Crippen molar-refractivity contribution in [2.45, 2.75) is 70.6 Å². The Morgan fingerprint density at radius 1 is 1.07 bits per heavy atom. The van der Waals surface area contributed by atoms with Gasteiger partial charge >= 0.3 is 0 Å². The third-order valence-corrected chi connectivity index (χ3v) is 10.6. The van der Waals surface area contributed by atoms with Gasteiger partial charge in [-0.1, -0.05) is 66.5 Å². The van der Waals surface area contributed by atoms with Crippen molar-refractivity contribution in [2.75, 3.05) is 5.75 Å². The molecule has 0 aliphatic heterocycles. The Kier molecular flexibility index (Phi) is 4.70. The Hall–Kier alpha value is -1.61. The van der Waals surface area contributed by atoms with Gasteiger partial charge in [0.05, 0.1) is 10.6 Å². The van der Waals surface area contributed by atoms with E-state index in [0.717, 1.165) is 24.0 Å². The topological polar surface area (TPSA) is 34.1 Å². The van der Waals surface area contributed by atoms with Gasteiger partial charge in [-0.25, -0.2) is 8.42 Å². The molecular weight excluding hydrogens is 388 g/mol. The van der Waals surface area contributed by atoms with Gasteiger partial charge in [0.1, 0.15) is 0 Å². The fourth-order valence-corrected chi connectivity index (χ4v) is 8.54. The molecule has 30 heavy (non-hydrogen) atoms. The molecule has 0 radical (unpaired) electrons. The normalized spacial score (nSPS) is 35.5. The molecule has 4 atom stereocenters. The molecule has 0 N–H and O–H groups in total. The Morgan fingerprint density at radius 2 is 1.83 bits per heavy atom. The van der Waals surface area contributed by atoms with E-state index in [-0.39, 0.29) is 16.6 Å². The van der Waals surface area contributed by atoms with Crippen molar-refractivity contribution in [2.24, 2.45) is 22.7 Å². The highest BCUT2D eigenvalue weighted by Gasteiger charge is 2.53. The maximum Gasteiger partial charge on any atom is 0.182 e. The first kappa shape index (κ1) is 20.3. The predicted octanol–water partition coefficient (Wildman–Crippen LogP) is 6.58. The number of hydrogen-bond acceptors (Lipinski definition) is 2. The van der Waals surface area contributed by atoms with Gasteiger partial charge in [0.2, 0.25) is 0 Å². The molecule has 160 valence electrons. The van der Waals surface area contributed by atoms with Crippen LogP contribution >= 0.6 is 0 Å². The fraction of sp³-hybridized carbons (Fsp3) is 0.556. The van der Waals surface area contributed by atoms with Gasteiger partial charge in [0.25, 0.3) is 0 Å². The van der Waals surface area contributed by atoms with Crippen molar-refractivity contribution in [3.05, 3.63) is 64.8 Å². The van der Waals surface area contributed by atoms with Crippen LogP contribution in [-0.2, 0) is 9.84 Å². The maximum atomic E-state index is 13.2. The van der Waals surface area contributed by atoms with Crippen LogP contribution in [0.2, 0.25) is 0 Å². The number of sulfone groups is 1. The van der Waals surface area contributed by atoms with E-state index in [9.17, 15) is 8.42 Å². The highest BCUT2D eigenvalue weighted by molar-refractivity contribution is 7.91. The second-order valence-electron chi connectivity index (χ2n) is 10.5. The van der Waals surface area contributed by atoms with E-state index in [1.165, 1.54) is 32.1 Å². The number of hydrogen-bond donors (Lipinski definition) is 0. The number of allylic oxidation sites excluding steroid dienone is 5. The zero-order valence-corrected chi connectivity index (χ0v) is 19.4. The lowest BCUT2D eigenvalue weighted by atomic mass is 9.51. The minimum atomic E-state index is -3.31. The first-order chi connectivity index (χ1) is 14.2. The van der Waals surface area contributed by atoms with Gasteiger partial charge in [-0.2, -0.15) is 0 Å². The van der Waals surface area contributed by atoms with Crippen LogP contribution in [0.25, 0.3) is 0 Å². The van der Waals surface area contributed by atoms with Crippen molar-refractivity contribution in [3.8, 4) is 0 Å². The molecule has 1 aromatic rings. The summed E-state index contributed by atoms with van der Waals surface area (Å²) in [5, 5.41) is 0. The van der Waals surface area contributed by atoms with E-state index >= 15 is 0 Å². The zero-order valence-electron chi connectivity index (χ0n) is 18.6. The Morgan fingerprint density at radius 3 is 2.60 bits per heavy atom. The van der Waals surface area contributed by atoms with Gasteiger partial charge < -0.3 is 0 Å². The third-order valence-electron chi connectivity index (χ3n) is 8.87. The molecule has 4 aliphatic rings. The number of fused-ring (bicyclic) bond motifs is 5. The zero-order chi connectivity index (χ0) is 21.1. The van der Waals surface area contributed by atoms with Crippen molar-refractivity contribution in [1.82, 2.24) is 0 Å². The summed E-state index contributed by atoms with van der Waals surface area (Å²) in [5.74, 6) is 1.34. The summed E-state index contributed by atoms with van der Waals surface area (Å²) in [6.07, 6.45) is 15.6. The lowest BCUT2D eigenvalue weighted by Gasteiger charge is -2.53. The second-order valence-corrected chi connectivity index (χ2v) is 12.5. The highest BCUT2D eigenvalue weighted by Crippen LogP contribution is 2.63. The molecule has 0 heterocycles. The molecule has 0 amide bonds. The lowest BCUT2D eigenvalue weighted by molar-refractivity contribution is 0.136. The molecule has 2 nitrogen and oxygen atoms in total. The van der Waals surface area contributed by atoms with E-state index in [1.807, 2.05) is 19.1 Å². The van der Waals surface area contributed by atoms with E-state index in [0.29, 0.717) is 16.7 Å². The molecule has 0 unspecified atom stereocenters. The fourth-order valence-electron chi connectivity index (χ4n) is 6.97. The summed E-state index contributed by atoms with van der Waals surface area (Å²) < 4.78 is 26.3. The first-order valence-electron chi connectivity index (χ1n) is 11.6. The maximum absolute atomic E-state index is 13.2. The number of benzene rings is 1. The largest absolute Gasteiger partial charge is 0.223 e. The van der Waals surface area contributed by atoms with Gasteiger partial charge in [0.15, 0.2) is 9.84 Å². The average Bonchev–Trinajstić information content (AvgIpc) is 3.03. The van der Waals surface area contributed by atoms with Crippen LogP contribution in [0.1, 0.15) is 64.4 Å². The second kappa shape index (κ2) is 6.95. The Labute approximate surface area is 182 Å². The van der Waals surface area contributed by atoms with Crippen LogP contribution in [0.15, 0.2) is 64.1 Å². The molecule has 1 aromatic carbocycles. The van der Waals surface area contributed by atoms with Crippen LogP contribution in [0.4, 0.5) is 0 Å². The summed E-state index contributed by atoms with van der Waals surface area (Å²) in [5.41, 5.74) is 5.84. The molecular formula is C27H34O2S. The van der Waals surface area contributed by atoms with E-state index < -0.39 is 9.84 Å². The summed E-state index contributed by atoms with van der Waals surface area (Å²) in [6, 6.07) is 7.32. The quantitative estimate of drug-likeness (QED) is 0.516. The van der Waals surface area contributed by atoms with E-state index in [2.05, 4.69) is 32.1 Å². The summed E-state index contributed by atoms with van der Waals surface area (Å²) in [4.78, 5) is 0.454. The molecule has 0 spiro atoms. The Bertz CT molecular complexity index is 1060. The monoisotopic (exact) mass is 422 g/mol. The van der Waals surface area contributed by atoms with Gasteiger partial charge in [-0.3, -0.25) is 0 Å². The molecule has 1 saturated carbocycles. The van der Waals surface area contributed by atoms with Crippen molar-refractivity contribution < 1.29 is 8.42 Å². The minimum absolute atomic E-state index is 0.0157. The standard InChI is InChI=1S/C27H34O2S/c1-19-7-11-22(12-8-19)30(28,29)18-21-10-14-24-23-13-9-20-6-4-5-16-26(20,2)25(23)15-17-27(21,24)3/h6-8,10-12,15,23-24H,4-5,9,13-14,16-18H2,1-3H3/t23-,24-,26-,27+/m0/s1. The van der Waals surface area contributed by atoms with Gasteiger partial charge in [0, 0.05) is 5.41 Å². The summed E-state index contributed by atoms with van der Waals surface area (Å²) in [7, 11) is -3.31. The lowest BCUT2D eigenvalue weighted by Crippen LogP contribution is -2.43. The summed E-state index contributed by atoms with van der Waals surface area (Å²) >= 11 is 0. The molecule has 1 fully saturated rings. The van der Waals surface area contributed by atoms with Crippen LogP contribution in [-0.4, -0.2) is 14.2 Å². The number of aryl methyl sites for hydroxylation is 1. The molecule has 4 aliphatic carbocycles. The number of rotatable bonds is 3. The van der Waals surface area contributed by atoms with Crippen LogP contribution < -0.4 is 0 Å². The van der Waals surface area contributed by atoms with Gasteiger partial charge in [-0.15, -0.1) is 0 Å². The van der Waals surface area contributed by atoms with Crippen LogP contribution in [0, 0.1) is 29.6 Å². The predicted molar refractivity (Wildman–Crippen MR) is 123 cm³/mol. The van der Waals surface area contributed by atoms with E-state index in [1.54, 1.807) is 23.3 Å². The SMILES string of the molecule is Cc1ccc(S(=O)(=O)CC2=CC[C@H]3[C@@H]4CCC5=CCCC[C@]5(C)C4=CC[C@]23C)cc1. The first-order valence-corrected chi connectivity index (χ1v) is 13.3. The van der Waals surface area contributed by atoms with Crippen molar-refractivity contribution >= 4 is 9.84 Å². The summed E-state index contributed by atoms with van der Waals surface area (Å²) in [6.45, 7) is 6.80. The van der Waals surface area contributed by atoms with E-state index in [4.69, 9.17) is 0 Å². The minimum Gasteiger partial charge on any atom is -0.223 e.